The lowest BCUT2D eigenvalue weighted by Gasteiger charge is -2.19. The topological polar surface area (TPSA) is 61.9 Å². The fraction of sp³-hybridized carbons (Fsp3) is 0.500. The highest BCUT2D eigenvalue weighted by Crippen LogP contribution is 2.19. The van der Waals surface area contributed by atoms with Gasteiger partial charge >= 0.3 is 0 Å². The van der Waals surface area contributed by atoms with Crippen LogP contribution in [0.15, 0.2) is 48.5 Å². The predicted molar refractivity (Wildman–Crippen MR) is 134 cm³/mol. The molecule has 0 heterocycles. The zero-order valence-electron chi connectivity index (χ0n) is 20.1. The second-order valence-electron chi connectivity index (χ2n) is 7.24. The van der Waals surface area contributed by atoms with E-state index in [4.69, 9.17) is 28.0 Å². The zero-order chi connectivity index (χ0) is 23.7. The van der Waals surface area contributed by atoms with Crippen LogP contribution in [-0.4, -0.2) is 81.0 Å². The fourth-order valence-corrected chi connectivity index (χ4v) is 3.28. The van der Waals surface area contributed by atoms with Crippen LogP contribution in [-0.2, 0) is 18.5 Å². The van der Waals surface area contributed by atoms with Gasteiger partial charge in [-0.3, -0.25) is 0 Å². The lowest BCUT2D eigenvalue weighted by atomic mass is 10.3. The smallest absolute Gasteiger partial charge is 0.155 e. The first-order valence-corrected chi connectivity index (χ1v) is 11.8. The van der Waals surface area contributed by atoms with Gasteiger partial charge in [-0.25, -0.2) is 0 Å². The van der Waals surface area contributed by atoms with Crippen LogP contribution >= 0.6 is 9.03 Å². The molecule has 0 atom stereocenters. The number of likely N-dealkylation sites (N-methyl/N-ethyl adjacent to an activating group) is 2. The van der Waals surface area contributed by atoms with Gasteiger partial charge in [0.1, 0.15) is 11.5 Å². The summed E-state index contributed by atoms with van der Waals surface area (Å²) in [6.07, 6.45) is 0. The molecule has 0 saturated heterocycles. The Labute approximate surface area is 199 Å². The van der Waals surface area contributed by atoms with Crippen LogP contribution in [0, 0.1) is 0 Å². The number of nitrogens with zero attached hydrogens (tertiary/aromatic N) is 2. The molecular weight excluding hydrogens is 443 g/mol. The van der Waals surface area contributed by atoms with Gasteiger partial charge in [-0.05, 0) is 48.5 Å². The van der Waals surface area contributed by atoms with E-state index < -0.39 is 0 Å². The fourth-order valence-electron chi connectivity index (χ4n) is 2.86. The molecule has 0 N–H and O–H groups in total. The Balaban J connectivity index is 1.37. The summed E-state index contributed by atoms with van der Waals surface area (Å²) in [7, 11) is 7.40. The summed E-state index contributed by atoms with van der Waals surface area (Å²) in [6, 6.07) is 15.9. The van der Waals surface area contributed by atoms with Gasteiger partial charge < -0.3 is 37.8 Å². The van der Waals surface area contributed by atoms with Gasteiger partial charge in [0.15, 0.2) is 9.03 Å². The average Bonchev–Trinajstić information content (AvgIpc) is 2.86. The van der Waals surface area contributed by atoms with Crippen LogP contribution in [0.1, 0.15) is 0 Å². The van der Waals surface area contributed by atoms with E-state index in [0.717, 1.165) is 36.0 Å². The summed E-state index contributed by atoms with van der Waals surface area (Å²) >= 11 is 0. The largest absolute Gasteiger partial charge is 0.497 e. The number of methoxy groups -OCH3 is 2. The van der Waals surface area contributed by atoms with E-state index >= 15 is 0 Å². The van der Waals surface area contributed by atoms with Crippen LogP contribution < -0.4 is 19.3 Å². The van der Waals surface area contributed by atoms with Crippen LogP contribution in [0.2, 0.25) is 0 Å². The Hall–Kier alpha value is -2.09. The number of benzene rings is 2. The van der Waals surface area contributed by atoms with Gasteiger partial charge in [0, 0.05) is 38.6 Å². The van der Waals surface area contributed by atoms with Crippen molar-refractivity contribution in [2.24, 2.45) is 0 Å². The van der Waals surface area contributed by atoms with Crippen molar-refractivity contribution in [2.75, 3.05) is 90.8 Å². The summed E-state index contributed by atoms with van der Waals surface area (Å²) in [5.41, 5.74) is 2.25. The number of anilines is 2. The van der Waals surface area contributed by atoms with E-state index in [9.17, 15) is 0 Å². The van der Waals surface area contributed by atoms with Crippen LogP contribution in [0.25, 0.3) is 0 Å². The molecule has 0 fully saturated rings. The third-order valence-electron chi connectivity index (χ3n) is 4.95. The monoisotopic (exact) mass is 480 g/mol. The lowest BCUT2D eigenvalue weighted by Crippen LogP contribution is -2.23. The number of ether oxygens (including phenoxy) is 4. The summed E-state index contributed by atoms with van der Waals surface area (Å²) in [5.74, 6) is 1.71. The Kier molecular flexibility index (Phi) is 13.6. The molecular formula is C24H37N2O6P. The molecule has 8 nitrogen and oxygen atoms in total. The third kappa shape index (κ3) is 11.1. The van der Waals surface area contributed by atoms with E-state index in [1.807, 2.05) is 62.6 Å². The molecule has 0 bridgehead atoms. The van der Waals surface area contributed by atoms with E-state index in [1.54, 1.807) is 14.2 Å². The van der Waals surface area contributed by atoms with Gasteiger partial charge in [-0.15, -0.1) is 0 Å². The predicted octanol–water partition coefficient (Wildman–Crippen LogP) is 3.85. The van der Waals surface area contributed by atoms with Crippen molar-refractivity contribution in [1.29, 1.82) is 0 Å². The second-order valence-corrected chi connectivity index (χ2v) is 7.99. The maximum Gasteiger partial charge on any atom is 0.155 e. The van der Waals surface area contributed by atoms with Crippen LogP contribution in [0.3, 0.4) is 0 Å². The lowest BCUT2D eigenvalue weighted by molar-refractivity contribution is 0.0918. The van der Waals surface area contributed by atoms with Crippen LogP contribution in [0.4, 0.5) is 11.4 Å². The minimum Gasteiger partial charge on any atom is -0.497 e. The Morgan fingerprint density at radius 3 is 1.33 bits per heavy atom. The van der Waals surface area contributed by atoms with Crippen molar-refractivity contribution >= 4 is 20.4 Å². The molecule has 0 aliphatic heterocycles. The molecule has 33 heavy (non-hydrogen) atoms. The summed E-state index contributed by atoms with van der Waals surface area (Å²) in [5, 5.41) is 0. The Morgan fingerprint density at radius 1 is 0.576 bits per heavy atom. The third-order valence-corrected chi connectivity index (χ3v) is 5.59. The maximum absolute atomic E-state index is 5.62. The van der Waals surface area contributed by atoms with Crippen LogP contribution in [0.5, 0.6) is 11.5 Å². The highest BCUT2D eigenvalue weighted by atomic mass is 31.1. The SMILES string of the molecule is COc1ccc(N(C)CCOCCOPOCCOCCN(C)c2ccc(OC)cc2)cc1. The van der Waals surface area contributed by atoms with Crippen molar-refractivity contribution in [3.63, 3.8) is 0 Å². The van der Waals surface area contributed by atoms with Gasteiger partial charge in [0.2, 0.25) is 0 Å². The number of hydrogen-bond donors (Lipinski definition) is 0. The minimum absolute atomic E-state index is 0.00561. The van der Waals surface area contributed by atoms with Crippen molar-refractivity contribution < 1.29 is 28.0 Å². The van der Waals surface area contributed by atoms with E-state index in [2.05, 4.69) is 9.80 Å². The average molecular weight is 481 g/mol. The van der Waals surface area contributed by atoms with Crippen molar-refractivity contribution in [1.82, 2.24) is 0 Å². The second kappa shape index (κ2) is 16.5. The molecule has 9 heteroatoms. The highest BCUT2D eigenvalue weighted by molar-refractivity contribution is 7.26. The minimum atomic E-state index is -0.00561. The number of hydrogen-bond acceptors (Lipinski definition) is 8. The Morgan fingerprint density at radius 2 is 0.970 bits per heavy atom. The van der Waals surface area contributed by atoms with E-state index in [0.29, 0.717) is 39.6 Å². The molecule has 2 aromatic carbocycles. The normalized spacial score (nSPS) is 10.8. The molecule has 0 amide bonds. The molecule has 0 aliphatic carbocycles. The van der Waals surface area contributed by atoms with Gasteiger partial charge in [0.25, 0.3) is 0 Å². The first kappa shape index (κ1) is 27.2. The molecule has 0 radical (unpaired) electrons. The molecule has 0 saturated carbocycles. The molecule has 2 rings (SSSR count). The zero-order valence-corrected chi connectivity index (χ0v) is 21.1. The van der Waals surface area contributed by atoms with Gasteiger partial charge in [0.05, 0.1) is 53.9 Å². The molecule has 0 aromatic heterocycles. The van der Waals surface area contributed by atoms with E-state index in [1.165, 1.54) is 0 Å². The summed E-state index contributed by atoms with van der Waals surface area (Å²) in [4.78, 5) is 4.28. The van der Waals surface area contributed by atoms with Gasteiger partial charge in [-0.1, -0.05) is 0 Å². The Bertz CT molecular complexity index is 684. The first-order chi connectivity index (χ1) is 16.1. The standard InChI is InChI=1S/C24H37N2O6P/c1-25(21-5-9-23(27-3)10-6-21)13-15-29-17-19-31-33-32-20-18-30-16-14-26(2)22-7-11-24(28-4)12-8-22/h5-12,33H,13-20H2,1-4H3. The van der Waals surface area contributed by atoms with E-state index in [-0.39, 0.29) is 9.03 Å². The molecule has 184 valence electrons. The summed E-state index contributed by atoms with van der Waals surface area (Å²) in [6.45, 7) is 4.98. The quantitative estimate of drug-likeness (QED) is 0.236. The highest BCUT2D eigenvalue weighted by Gasteiger charge is 2.02. The van der Waals surface area contributed by atoms with Crippen molar-refractivity contribution in [2.45, 2.75) is 0 Å². The number of rotatable bonds is 18. The molecule has 0 spiro atoms. The first-order valence-electron chi connectivity index (χ1n) is 11.0. The molecule has 0 aliphatic rings. The van der Waals surface area contributed by atoms with Crippen molar-refractivity contribution in [3.05, 3.63) is 48.5 Å². The molecule has 2 aromatic rings. The van der Waals surface area contributed by atoms with Gasteiger partial charge in [-0.2, -0.15) is 0 Å². The summed E-state index contributed by atoms with van der Waals surface area (Å²) < 4.78 is 32.5. The van der Waals surface area contributed by atoms with Crippen molar-refractivity contribution in [3.8, 4) is 11.5 Å². The molecule has 0 unspecified atom stereocenters. The maximum atomic E-state index is 5.62.